The summed E-state index contributed by atoms with van der Waals surface area (Å²) in [6.07, 6.45) is 9.32. The third-order valence-electron chi connectivity index (χ3n) is 8.32. The largest absolute Gasteiger partial charge is 0.368 e. The Balaban J connectivity index is 1.35. The Labute approximate surface area is 200 Å². The highest BCUT2D eigenvalue weighted by Crippen LogP contribution is 2.47. The molecule has 1 spiro atoms. The fourth-order valence-corrected chi connectivity index (χ4v) is 6.06. The number of amides is 3. The number of nitrogens with two attached hydrogens (primary N) is 1. The Hall–Kier alpha value is -2.94. The highest BCUT2D eigenvalue weighted by Gasteiger charge is 2.54. The molecule has 3 aliphatic rings. The molecule has 3 amide bonds. The third-order valence-corrected chi connectivity index (χ3v) is 8.32. The van der Waals surface area contributed by atoms with E-state index < -0.39 is 5.91 Å². The second-order valence-electron chi connectivity index (χ2n) is 10.3. The van der Waals surface area contributed by atoms with Crippen LogP contribution in [-0.2, 0) is 23.4 Å². The molecule has 1 aromatic heterocycles. The van der Waals surface area contributed by atoms with E-state index in [-0.39, 0.29) is 23.7 Å². The first-order valence-corrected chi connectivity index (χ1v) is 12.4. The standard InChI is InChI=1S/C25H35N7O2/c1-27-25(20-8-3-2-4-9-20)12-10-24(11-13-25)18-30(23(34)32(24)14-19-6-5-7-19)15-21-16-31(29-28-21)17-22(26)33/h2-4,8-9,16,19,27H,5-7,10-15,17-18H2,1H3,(H2,26,33)/t24-,25-. The number of primary amides is 1. The molecule has 2 aromatic rings. The zero-order chi connectivity index (χ0) is 23.8. The van der Waals surface area contributed by atoms with Gasteiger partial charge in [0.15, 0.2) is 0 Å². The van der Waals surface area contributed by atoms with E-state index >= 15 is 0 Å². The van der Waals surface area contributed by atoms with Crippen LogP contribution < -0.4 is 11.1 Å². The second kappa shape index (κ2) is 9.02. The van der Waals surface area contributed by atoms with Crippen molar-refractivity contribution in [2.24, 2.45) is 11.7 Å². The van der Waals surface area contributed by atoms with Crippen LogP contribution in [0.4, 0.5) is 4.79 Å². The molecule has 0 radical (unpaired) electrons. The van der Waals surface area contributed by atoms with E-state index in [9.17, 15) is 9.59 Å². The number of aromatic nitrogens is 3. The summed E-state index contributed by atoms with van der Waals surface area (Å²) >= 11 is 0. The number of urea groups is 1. The van der Waals surface area contributed by atoms with Crippen LogP contribution >= 0.6 is 0 Å². The summed E-state index contributed by atoms with van der Waals surface area (Å²) in [6, 6.07) is 10.8. The first kappa shape index (κ1) is 22.8. The van der Waals surface area contributed by atoms with E-state index in [4.69, 9.17) is 5.73 Å². The van der Waals surface area contributed by atoms with Gasteiger partial charge in [0.05, 0.1) is 18.3 Å². The fraction of sp³-hybridized carbons (Fsp3) is 0.600. The molecular formula is C25H35N7O2. The van der Waals surface area contributed by atoms with Gasteiger partial charge in [-0.2, -0.15) is 0 Å². The Bertz CT molecular complexity index is 1020. The van der Waals surface area contributed by atoms with Crippen molar-refractivity contribution in [3.8, 4) is 0 Å². The van der Waals surface area contributed by atoms with Crippen molar-refractivity contribution in [3.05, 3.63) is 47.8 Å². The van der Waals surface area contributed by atoms with Crippen LogP contribution in [-0.4, -0.2) is 62.4 Å². The van der Waals surface area contributed by atoms with Gasteiger partial charge in [0.1, 0.15) is 12.2 Å². The summed E-state index contributed by atoms with van der Waals surface area (Å²) < 4.78 is 1.43. The van der Waals surface area contributed by atoms with Crippen LogP contribution in [0.25, 0.3) is 0 Å². The van der Waals surface area contributed by atoms with E-state index in [0.29, 0.717) is 24.7 Å². The number of nitrogens with one attached hydrogen (secondary N) is 1. The van der Waals surface area contributed by atoms with Gasteiger partial charge in [-0.05, 0) is 57.1 Å². The zero-order valence-corrected chi connectivity index (χ0v) is 19.9. The number of rotatable bonds is 8. The van der Waals surface area contributed by atoms with Gasteiger partial charge in [0, 0.05) is 18.6 Å². The molecule has 3 fully saturated rings. The van der Waals surface area contributed by atoms with Crippen molar-refractivity contribution >= 4 is 11.9 Å². The molecule has 5 rings (SSSR count). The molecule has 1 aromatic carbocycles. The molecule has 1 aliphatic heterocycles. The first-order valence-electron chi connectivity index (χ1n) is 12.4. The number of nitrogens with zero attached hydrogens (tertiary/aromatic N) is 5. The molecule has 2 aliphatic carbocycles. The smallest absolute Gasteiger partial charge is 0.320 e. The van der Waals surface area contributed by atoms with Gasteiger partial charge in [0.2, 0.25) is 5.91 Å². The van der Waals surface area contributed by atoms with E-state index in [1.165, 1.54) is 29.5 Å². The number of carbonyl (C=O) groups is 2. The molecule has 9 nitrogen and oxygen atoms in total. The lowest BCUT2D eigenvalue weighted by Gasteiger charge is -2.49. The lowest BCUT2D eigenvalue weighted by atomic mass is 9.68. The lowest BCUT2D eigenvalue weighted by Crippen LogP contribution is -2.56. The molecule has 2 heterocycles. The van der Waals surface area contributed by atoms with Gasteiger partial charge < -0.3 is 20.9 Å². The molecule has 0 bridgehead atoms. The predicted octanol–water partition coefficient (Wildman–Crippen LogP) is 2.23. The van der Waals surface area contributed by atoms with E-state index in [2.05, 4.69) is 57.9 Å². The average Bonchev–Trinajstić information content (AvgIpc) is 3.34. The van der Waals surface area contributed by atoms with Gasteiger partial charge in [0.25, 0.3) is 0 Å². The fourth-order valence-electron chi connectivity index (χ4n) is 6.06. The average molecular weight is 466 g/mol. The molecule has 0 atom stereocenters. The van der Waals surface area contributed by atoms with Crippen LogP contribution in [0.5, 0.6) is 0 Å². The van der Waals surface area contributed by atoms with Crippen molar-refractivity contribution in [3.63, 3.8) is 0 Å². The van der Waals surface area contributed by atoms with Crippen molar-refractivity contribution in [1.82, 2.24) is 30.1 Å². The van der Waals surface area contributed by atoms with Gasteiger partial charge in [-0.25, -0.2) is 9.48 Å². The van der Waals surface area contributed by atoms with Gasteiger partial charge in [-0.15, -0.1) is 5.10 Å². The lowest BCUT2D eigenvalue weighted by molar-refractivity contribution is -0.118. The summed E-state index contributed by atoms with van der Waals surface area (Å²) in [7, 11) is 2.05. The van der Waals surface area contributed by atoms with Crippen molar-refractivity contribution in [2.45, 2.75) is 69.1 Å². The Kier molecular flexibility index (Phi) is 6.06. The minimum absolute atomic E-state index is 0.00965. The summed E-state index contributed by atoms with van der Waals surface area (Å²) in [5.74, 6) is 0.148. The summed E-state index contributed by atoms with van der Waals surface area (Å²) in [5, 5.41) is 11.8. The highest BCUT2D eigenvalue weighted by atomic mass is 16.2. The minimum atomic E-state index is -0.465. The highest BCUT2D eigenvalue weighted by molar-refractivity contribution is 5.78. The minimum Gasteiger partial charge on any atom is -0.368 e. The van der Waals surface area contributed by atoms with Crippen LogP contribution in [0.3, 0.4) is 0 Å². The second-order valence-corrected chi connectivity index (χ2v) is 10.3. The summed E-state index contributed by atoms with van der Waals surface area (Å²) in [5.41, 5.74) is 7.07. The Morgan fingerprint density at radius 1 is 1.18 bits per heavy atom. The van der Waals surface area contributed by atoms with Crippen LogP contribution in [0.1, 0.15) is 56.2 Å². The maximum absolute atomic E-state index is 13.7. The number of benzene rings is 1. The Morgan fingerprint density at radius 3 is 2.53 bits per heavy atom. The van der Waals surface area contributed by atoms with E-state index in [0.717, 1.165) is 32.2 Å². The van der Waals surface area contributed by atoms with Crippen molar-refractivity contribution in [2.75, 3.05) is 20.1 Å². The van der Waals surface area contributed by atoms with Gasteiger partial charge in [-0.3, -0.25) is 4.79 Å². The quantitative estimate of drug-likeness (QED) is 0.621. The van der Waals surface area contributed by atoms with Crippen LogP contribution in [0.2, 0.25) is 0 Å². The number of hydrogen-bond acceptors (Lipinski definition) is 5. The first-order chi connectivity index (χ1) is 16.4. The SMILES string of the molecule is CN[C@]1(c2ccccc2)CC[C@@]2(CC1)CN(Cc1cn(CC(N)=O)nn1)C(=O)N2CC1CCC1. The molecule has 3 N–H and O–H groups in total. The van der Waals surface area contributed by atoms with Gasteiger partial charge >= 0.3 is 6.03 Å². The van der Waals surface area contributed by atoms with Crippen LogP contribution in [0, 0.1) is 5.92 Å². The van der Waals surface area contributed by atoms with E-state index in [1.807, 2.05) is 4.90 Å². The predicted molar refractivity (Wildman–Crippen MR) is 127 cm³/mol. The number of hydrogen-bond donors (Lipinski definition) is 2. The van der Waals surface area contributed by atoms with Crippen molar-refractivity contribution < 1.29 is 9.59 Å². The van der Waals surface area contributed by atoms with E-state index in [1.54, 1.807) is 6.20 Å². The zero-order valence-electron chi connectivity index (χ0n) is 19.9. The van der Waals surface area contributed by atoms with Crippen molar-refractivity contribution in [1.29, 1.82) is 0 Å². The normalized spacial score (nSPS) is 27.4. The number of carbonyl (C=O) groups excluding carboxylic acids is 2. The summed E-state index contributed by atoms with van der Waals surface area (Å²) in [6.45, 7) is 1.94. The molecule has 9 heteroatoms. The monoisotopic (exact) mass is 465 g/mol. The molecule has 0 unspecified atom stereocenters. The molecule has 1 saturated heterocycles. The van der Waals surface area contributed by atoms with Gasteiger partial charge in [-0.1, -0.05) is 42.0 Å². The third kappa shape index (κ3) is 4.17. The topological polar surface area (TPSA) is 109 Å². The molecule has 182 valence electrons. The summed E-state index contributed by atoms with van der Waals surface area (Å²) in [4.78, 5) is 29.0. The van der Waals surface area contributed by atoms with Crippen LogP contribution in [0.15, 0.2) is 36.5 Å². The molecule has 2 saturated carbocycles. The molecule has 34 heavy (non-hydrogen) atoms. The maximum Gasteiger partial charge on any atom is 0.320 e. The Morgan fingerprint density at radius 2 is 1.91 bits per heavy atom. The molecular weight excluding hydrogens is 430 g/mol. The maximum atomic E-state index is 13.7.